The maximum atomic E-state index is 13.5. The highest BCUT2D eigenvalue weighted by Crippen LogP contribution is 2.30. The quantitative estimate of drug-likeness (QED) is 0.0680. The molecule has 0 atom stereocenters. The molecule has 0 spiro atoms. The van der Waals surface area contributed by atoms with E-state index in [1.165, 1.54) is 10.8 Å². The van der Waals surface area contributed by atoms with Crippen LogP contribution in [-0.2, 0) is 33.0 Å². The molecule has 2 aromatic carbocycles. The molecule has 352 valence electrons. The molecule has 19 heteroatoms. The molecule has 0 saturated heterocycles. The Labute approximate surface area is 394 Å². The fourth-order valence-electron chi connectivity index (χ4n) is 8.33. The second kappa shape index (κ2) is 22.7. The van der Waals surface area contributed by atoms with Gasteiger partial charge in [0.25, 0.3) is 11.1 Å². The SMILES string of the molecule is CCCOCn1c(=O)c(-c2ccccc2Cl)cc2cnc(NC3CCC(N)CC3)nc21.CCCOCn1c(=O)c(-c2ccccc2Cl)cc2cnc(NC3CCC(NS(C)(=O)=O)CC3)nc21. The van der Waals surface area contributed by atoms with Crippen molar-refractivity contribution in [2.75, 3.05) is 30.1 Å². The molecule has 0 bridgehead atoms. The summed E-state index contributed by atoms with van der Waals surface area (Å²) in [5.41, 5.74) is 8.90. The lowest BCUT2D eigenvalue weighted by Crippen LogP contribution is -2.39. The van der Waals surface area contributed by atoms with Gasteiger partial charge in [0.05, 0.1) is 6.26 Å². The molecular weight excluding hydrogens is 904 g/mol. The number of sulfonamides is 1. The number of hydrogen-bond donors (Lipinski definition) is 4. The van der Waals surface area contributed by atoms with E-state index in [2.05, 4.69) is 35.3 Å². The topological polar surface area (TPSA) is 210 Å². The Balaban J connectivity index is 0.000000198. The number of anilines is 2. The van der Waals surface area contributed by atoms with Crippen LogP contribution in [0.2, 0.25) is 10.0 Å². The van der Waals surface area contributed by atoms with E-state index in [0.29, 0.717) is 74.1 Å². The number of fused-ring (bicyclic) bond motifs is 2. The highest BCUT2D eigenvalue weighted by Gasteiger charge is 2.25. The molecule has 0 aliphatic heterocycles. The molecule has 0 unspecified atom stereocenters. The van der Waals surface area contributed by atoms with Gasteiger partial charge in [-0.2, -0.15) is 9.97 Å². The third-order valence-electron chi connectivity index (χ3n) is 11.7. The number of nitrogens with zero attached hydrogens (tertiary/aromatic N) is 6. The minimum absolute atomic E-state index is 0.0512. The van der Waals surface area contributed by atoms with Crippen LogP contribution in [0.1, 0.15) is 78.1 Å². The average Bonchev–Trinajstić information content (AvgIpc) is 3.29. The minimum atomic E-state index is -3.22. The van der Waals surface area contributed by atoms with Gasteiger partial charge >= 0.3 is 0 Å². The van der Waals surface area contributed by atoms with Crippen LogP contribution in [0.25, 0.3) is 44.3 Å². The summed E-state index contributed by atoms with van der Waals surface area (Å²) in [6, 6.07) is 18.7. The van der Waals surface area contributed by atoms with Crippen LogP contribution in [0.5, 0.6) is 0 Å². The van der Waals surface area contributed by atoms with Crippen LogP contribution in [0, 0.1) is 0 Å². The predicted octanol–water partition coefficient (Wildman–Crippen LogP) is 7.95. The molecule has 16 nitrogen and oxygen atoms in total. The molecule has 2 saturated carbocycles. The van der Waals surface area contributed by atoms with Crippen LogP contribution in [0.15, 0.2) is 82.6 Å². The van der Waals surface area contributed by atoms with E-state index >= 15 is 0 Å². The monoisotopic (exact) mass is 960 g/mol. The molecule has 4 aromatic heterocycles. The number of ether oxygens (including phenoxy) is 2. The van der Waals surface area contributed by atoms with Gasteiger partial charge in [-0.05, 0) is 88.5 Å². The Kier molecular flexibility index (Phi) is 16.8. The number of pyridine rings is 2. The summed E-state index contributed by atoms with van der Waals surface area (Å²) >= 11 is 12.8. The molecule has 2 aliphatic carbocycles. The summed E-state index contributed by atoms with van der Waals surface area (Å²) in [5, 5.41) is 9.23. The molecule has 0 radical (unpaired) electrons. The molecule has 2 fully saturated rings. The van der Waals surface area contributed by atoms with Gasteiger partial charge in [0.1, 0.15) is 24.8 Å². The summed E-state index contributed by atoms with van der Waals surface area (Å²) in [4.78, 5) is 45.2. The second-order valence-corrected chi connectivity index (χ2v) is 19.5. The lowest BCUT2D eigenvalue weighted by Gasteiger charge is -2.29. The number of rotatable bonds is 16. The zero-order chi connectivity index (χ0) is 46.8. The lowest BCUT2D eigenvalue weighted by atomic mass is 9.92. The van der Waals surface area contributed by atoms with Gasteiger partial charge < -0.3 is 25.8 Å². The third kappa shape index (κ3) is 12.5. The molecule has 5 N–H and O–H groups in total. The number of benzene rings is 2. The van der Waals surface area contributed by atoms with Gasteiger partial charge in [-0.25, -0.2) is 23.1 Å². The van der Waals surface area contributed by atoms with Gasteiger partial charge in [-0.3, -0.25) is 18.7 Å². The summed E-state index contributed by atoms with van der Waals surface area (Å²) < 4.78 is 40.2. The Bertz CT molecular complexity index is 2850. The fraction of sp³-hybridized carbons (Fsp3) is 0.447. The van der Waals surface area contributed by atoms with Crippen molar-refractivity contribution in [3.05, 3.63) is 104 Å². The minimum Gasteiger partial charge on any atom is -0.361 e. The zero-order valence-electron chi connectivity index (χ0n) is 37.5. The summed E-state index contributed by atoms with van der Waals surface area (Å²) in [5.74, 6) is 0.938. The number of aromatic nitrogens is 6. The largest absolute Gasteiger partial charge is 0.361 e. The number of nitrogens with one attached hydrogen (secondary N) is 3. The van der Waals surface area contributed by atoms with E-state index < -0.39 is 10.0 Å². The van der Waals surface area contributed by atoms with Crippen LogP contribution >= 0.6 is 23.2 Å². The maximum absolute atomic E-state index is 13.5. The first kappa shape index (κ1) is 48.9. The second-order valence-electron chi connectivity index (χ2n) is 16.9. The van der Waals surface area contributed by atoms with E-state index in [1.54, 1.807) is 41.2 Å². The number of hydrogen-bond acceptors (Lipinski definition) is 13. The molecule has 66 heavy (non-hydrogen) atoms. The van der Waals surface area contributed by atoms with Crippen molar-refractivity contribution < 1.29 is 17.9 Å². The highest BCUT2D eigenvalue weighted by molar-refractivity contribution is 7.88. The molecule has 8 rings (SSSR count). The maximum Gasteiger partial charge on any atom is 0.262 e. The number of nitrogens with two attached hydrogens (primary N) is 1. The first-order valence-electron chi connectivity index (χ1n) is 22.5. The van der Waals surface area contributed by atoms with Gasteiger partial charge in [-0.1, -0.05) is 73.4 Å². The molecule has 4 heterocycles. The normalized spacial score (nSPS) is 18.8. The van der Waals surface area contributed by atoms with Gasteiger partial charge in [-0.15, -0.1) is 0 Å². The molecule has 0 amide bonds. The summed E-state index contributed by atoms with van der Waals surface area (Å²) in [7, 11) is -3.22. The van der Waals surface area contributed by atoms with Crippen molar-refractivity contribution in [3.8, 4) is 22.3 Å². The van der Waals surface area contributed by atoms with E-state index in [0.717, 1.165) is 69.6 Å². The Morgan fingerprint density at radius 1 is 0.652 bits per heavy atom. The predicted molar refractivity (Wildman–Crippen MR) is 262 cm³/mol. The first-order valence-corrected chi connectivity index (χ1v) is 25.2. The van der Waals surface area contributed by atoms with E-state index in [9.17, 15) is 18.0 Å². The molecular formula is C47H58Cl2N10O6S. The van der Waals surface area contributed by atoms with Crippen LogP contribution < -0.4 is 32.2 Å². The smallest absolute Gasteiger partial charge is 0.262 e. The fourth-order valence-corrected chi connectivity index (χ4v) is 9.65. The van der Waals surface area contributed by atoms with E-state index in [-0.39, 0.29) is 48.7 Å². The lowest BCUT2D eigenvalue weighted by molar-refractivity contribution is 0.0778. The Morgan fingerprint density at radius 2 is 1.06 bits per heavy atom. The highest BCUT2D eigenvalue weighted by atomic mass is 35.5. The first-order chi connectivity index (χ1) is 31.8. The third-order valence-corrected chi connectivity index (χ3v) is 13.1. The Morgan fingerprint density at radius 3 is 1.47 bits per heavy atom. The Hall–Kier alpha value is -5.01. The van der Waals surface area contributed by atoms with Crippen molar-refractivity contribution in [2.24, 2.45) is 5.73 Å². The van der Waals surface area contributed by atoms with Gasteiger partial charge in [0.2, 0.25) is 21.9 Å². The van der Waals surface area contributed by atoms with Crippen LogP contribution in [0.3, 0.4) is 0 Å². The summed E-state index contributed by atoms with van der Waals surface area (Å²) in [6.07, 6.45) is 13.3. The van der Waals surface area contributed by atoms with Gasteiger partial charge in [0.15, 0.2) is 0 Å². The summed E-state index contributed by atoms with van der Waals surface area (Å²) in [6.45, 7) is 5.30. The van der Waals surface area contributed by atoms with Crippen LogP contribution in [-0.4, -0.2) is 81.1 Å². The standard InChI is InChI=1S/C24H30ClN5O4S.C23H28ClN5O2/c1-3-12-34-15-30-22-16(13-20(23(30)31)19-6-4-5-7-21(19)25)14-26-24(28-22)27-17-8-10-18(11-9-17)29-35(2,32)33;1-2-11-31-14-29-21-15(12-19(22(29)30)18-5-3-4-6-20(18)24)13-26-23(28-21)27-17-9-7-16(25)8-10-17/h4-7,13-14,17-18,29H,3,8-12,15H2,1-2H3,(H,26,27,28);3-6,12-13,16-17H,2,7-11,14,25H2,1H3,(H,26,27,28). The molecule has 2 aliphatic rings. The van der Waals surface area contributed by atoms with E-state index in [4.69, 9.17) is 38.4 Å². The number of halogens is 2. The zero-order valence-corrected chi connectivity index (χ0v) is 39.8. The van der Waals surface area contributed by atoms with Crippen molar-refractivity contribution in [2.45, 2.75) is 116 Å². The van der Waals surface area contributed by atoms with Crippen molar-refractivity contribution >= 4 is 67.2 Å². The van der Waals surface area contributed by atoms with Crippen molar-refractivity contribution in [1.82, 2.24) is 33.8 Å². The van der Waals surface area contributed by atoms with Crippen molar-refractivity contribution in [1.29, 1.82) is 0 Å². The van der Waals surface area contributed by atoms with Crippen molar-refractivity contribution in [3.63, 3.8) is 0 Å². The molecule has 6 aromatic rings. The van der Waals surface area contributed by atoms with Crippen LogP contribution in [0.4, 0.5) is 11.9 Å². The van der Waals surface area contributed by atoms with Gasteiger partial charge in [0, 0.05) is 92.8 Å². The average molecular weight is 962 g/mol. The van der Waals surface area contributed by atoms with E-state index in [1.807, 2.05) is 50.2 Å².